The standard InChI is InChI=1S/C20H23ClN2O2/c1-20(2,3)22-9-4-10-25-14-6-7-15-18(12-14)23-17-8-5-13(21)11-16(17)19(15)24/h5-8,11-12,22H,4,9-10H2,1-3H3,(H,23,24). The molecule has 0 saturated carbocycles. The second kappa shape index (κ2) is 7.06. The van der Waals surface area contributed by atoms with Crippen LogP contribution in [0, 0.1) is 0 Å². The third-order valence-electron chi connectivity index (χ3n) is 3.98. The summed E-state index contributed by atoms with van der Waals surface area (Å²) < 4.78 is 5.82. The molecule has 3 rings (SSSR count). The fourth-order valence-electron chi connectivity index (χ4n) is 2.74. The molecule has 1 heterocycles. The van der Waals surface area contributed by atoms with E-state index in [9.17, 15) is 4.79 Å². The second-order valence-corrected chi connectivity index (χ2v) is 7.67. The highest BCUT2D eigenvalue weighted by Gasteiger charge is 2.09. The number of pyridine rings is 1. The second-order valence-electron chi connectivity index (χ2n) is 7.23. The average Bonchev–Trinajstić information content (AvgIpc) is 2.54. The Balaban J connectivity index is 1.77. The van der Waals surface area contributed by atoms with Gasteiger partial charge in [-0.15, -0.1) is 0 Å². The fraction of sp³-hybridized carbons (Fsp3) is 0.350. The smallest absolute Gasteiger partial charge is 0.197 e. The topological polar surface area (TPSA) is 54.1 Å². The number of ether oxygens (including phenoxy) is 1. The minimum Gasteiger partial charge on any atom is -0.493 e. The Kier molecular flexibility index (Phi) is 5.02. The van der Waals surface area contributed by atoms with Crippen LogP contribution in [0.2, 0.25) is 5.02 Å². The molecule has 0 atom stereocenters. The van der Waals surface area contributed by atoms with Crippen LogP contribution in [0.25, 0.3) is 21.8 Å². The molecular weight excluding hydrogens is 336 g/mol. The molecule has 0 radical (unpaired) electrons. The number of nitrogens with one attached hydrogen (secondary N) is 2. The maximum atomic E-state index is 12.6. The molecule has 0 fully saturated rings. The van der Waals surface area contributed by atoms with Crippen molar-refractivity contribution in [3.05, 3.63) is 51.6 Å². The maximum absolute atomic E-state index is 12.6. The van der Waals surface area contributed by atoms with E-state index in [4.69, 9.17) is 16.3 Å². The van der Waals surface area contributed by atoms with Crippen molar-refractivity contribution in [2.24, 2.45) is 0 Å². The highest BCUT2D eigenvalue weighted by Crippen LogP contribution is 2.22. The minimum absolute atomic E-state index is 0.0211. The van der Waals surface area contributed by atoms with Crippen LogP contribution in [0.3, 0.4) is 0 Å². The van der Waals surface area contributed by atoms with E-state index in [2.05, 4.69) is 31.1 Å². The molecule has 5 heteroatoms. The van der Waals surface area contributed by atoms with Crippen molar-refractivity contribution >= 4 is 33.4 Å². The first-order valence-electron chi connectivity index (χ1n) is 8.47. The largest absolute Gasteiger partial charge is 0.493 e. The Morgan fingerprint density at radius 1 is 1.08 bits per heavy atom. The highest BCUT2D eigenvalue weighted by molar-refractivity contribution is 6.31. The van der Waals surface area contributed by atoms with Crippen molar-refractivity contribution in [2.45, 2.75) is 32.7 Å². The lowest BCUT2D eigenvalue weighted by molar-refractivity contribution is 0.298. The summed E-state index contributed by atoms with van der Waals surface area (Å²) >= 11 is 6.00. The van der Waals surface area contributed by atoms with Gasteiger partial charge in [0.2, 0.25) is 0 Å². The third-order valence-corrected chi connectivity index (χ3v) is 4.21. The van der Waals surface area contributed by atoms with Crippen molar-refractivity contribution < 1.29 is 4.74 Å². The molecule has 0 spiro atoms. The van der Waals surface area contributed by atoms with Crippen LogP contribution in [-0.2, 0) is 0 Å². The summed E-state index contributed by atoms with van der Waals surface area (Å²) in [6.45, 7) is 7.96. The van der Waals surface area contributed by atoms with Gasteiger partial charge in [-0.3, -0.25) is 4.79 Å². The molecule has 2 aromatic carbocycles. The van der Waals surface area contributed by atoms with E-state index in [1.54, 1.807) is 18.2 Å². The Morgan fingerprint density at radius 2 is 1.88 bits per heavy atom. The monoisotopic (exact) mass is 358 g/mol. The molecule has 3 aromatic rings. The lowest BCUT2D eigenvalue weighted by atomic mass is 10.1. The van der Waals surface area contributed by atoms with Gasteiger partial charge >= 0.3 is 0 Å². The molecule has 0 aliphatic rings. The Bertz CT molecular complexity index is 957. The molecule has 2 N–H and O–H groups in total. The van der Waals surface area contributed by atoms with Crippen LogP contribution in [0.4, 0.5) is 0 Å². The molecule has 0 unspecified atom stereocenters. The van der Waals surface area contributed by atoms with Gasteiger partial charge in [0.1, 0.15) is 5.75 Å². The number of hydrogen-bond donors (Lipinski definition) is 2. The number of aromatic nitrogens is 1. The lowest BCUT2D eigenvalue weighted by Gasteiger charge is -2.20. The van der Waals surface area contributed by atoms with Gasteiger partial charge in [-0.1, -0.05) is 11.6 Å². The first kappa shape index (κ1) is 17.8. The number of benzene rings is 2. The van der Waals surface area contributed by atoms with Crippen LogP contribution in [0.15, 0.2) is 41.2 Å². The van der Waals surface area contributed by atoms with Gasteiger partial charge < -0.3 is 15.0 Å². The number of halogens is 1. The van der Waals surface area contributed by atoms with Crippen molar-refractivity contribution in [1.29, 1.82) is 0 Å². The van der Waals surface area contributed by atoms with Gasteiger partial charge in [0.15, 0.2) is 5.43 Å². The van der Waals surface area contributed by atoms with Gasteiger partial charge in [0, 0.05) is 32.9 Å². The van der Waals surface area contributed by atoms with Crippen LogP contribution in [0.5, 0.6) is 5.75 Å². The van der Waals surface area contributed by atoms with E-state index < -0.39 is 0 Å². The molecule has 1 aromatic heterocycles. The van der Waals surface area contributed by atoms with Gasteiger partial charge in [0.05, 0.1) is 12.1 Å². The van der Waals surface area contributed by atoms with Gasteiger partial charge in [-0.25, -0.2) is 0 Å². The summed E-state index contributed by atoms with van der Waals surface area (Å²) in [4.78, 5) is 15.9. The summed E-state index contributed by atoms with van der Waals surface area (Å²) in [7, 11) is 0. The van der Waals surface area contributed by atoms with E-state index >= 15 is 0 Å². The molecule has 0 amide bonds. The molecule has 0 aliphatic carbocycles. The van der Waals surface area contributed by atoms with Crippen LogP contribution >= 0.6 is 11.6 Å². The summed E-state index contributed by atoms with van der Waals surface area (Å²) in [6, 6.07) is 10.8. The summed E-state index contributed by atoms with van der Waals surface area (Å²) in [6.07, 6.45) is 0.919. The SMILES string of the molecule is CC(C)(C)NCCCOc1ccc2c(=O)c3cc(Cl)ccc3[nH]c2c1. The Hall–Kier alpha value is -2.04. The zero-order valence-corrected chi connectivity index (χ0v) is 15.5. The number of H-pyrrole nitrogens is 1. The molecule has 132 valence electrons. The first-order chi connectivity index (χ1) is 11.8. The quantitative estimate of drug-likeness (QED) is 0.522. The van der Waals surface area contributed by atoms with Gasteiger partial charge in [-0.05, 0) is 64.1 Å². The number of fused-ring (bicyclic) bond motifs is 2. The Labute approximate surface area is 152 Å². The van der Waals surface area contributed by atoms with E-state index in [-0.39, 0.29) is 11.0 Å². The highest BCUT2D eigenvalue weighted by atomic mass is 35.5. The fourth-order valence-corrected chi connectivity index (χ4v) is 2.92. The van der Waals surface area contributed by atoms with Gasteiger partial charge in [0.25, 0.3) is 0 Å². The van der Waals surface area contributed by atoms with Crippen molar-refractivity contribution in [2.75, 3.05) is 13.2 Å². The predicted molar refractivity (Wildman–Crippen MR) is 105 cm³/mol. The van der Waals surface area contributed by atoms with Crippen molar-refractivity contribution in [1.82, 2.24) is 10.3 Å². The number of rotatable bonds is 5. The van der Waals surface area contributed by atoms with Crippen LogP contribution in [-0.4, -0.2) is 23.7 Å². The first-order valence-corrected chi connectivity index (χ1v) is 8.84. The maximum Gasteiger partial charge on any atom is 0.197 e. The molecule has 0 aliphatic heterocycles. The van der Waals surface area contributed by atoms with E-state index in [0.29, 0.717) is 22.4 Å². The summed E-state index contributed by atoms with van der Waals surface area (Å²) in [5.74, 6) is 0.757. The molecule has 25 heavy (non-hydrogen) atoms. The zero-order valence-electron chi connectivity index (χ0n) is 14.8. The molecule has 0 bridgehead atoms. The zero-order chi connectivity index (χ0) is 18.0. The number of aromatic amines is 1. The van der Waals surface area contributed by atoms with E-state index in [1.165, 1.54) is 0 Å². The minimum atomic E-state index is -0.0211. The lowest BCUT2D eigenvalue weighted by Crippen LogP contribution is -2.36. The normalized spacial score (nSPS) is 12.0. The molecule has 0 saturated heterocycles. The van der Waals surface area contributed by atoms with Crippen LogP contribution < -0.4 is 15.5 Å². The van der Waals surface area contributed by atoms with Crippen molar-refractivity contribution in [3.63, 3.8) is 0 Å². The summed E-state index contributed by atoms with van der Waals surface area (Å²) in [5, 5.41) is 5.22. The molecular formula is C20H23ClN2O2. The predicted octanol–water partition coefficient (Wildman–Crippen LogP) is 4.49. The van der Waals surface area contributed by atoms with Crippen molar-refractivity contribution in [3.8, 4) is 5.75 Å². The Morgan fingerprint density at radius 3 is 2.64 bits per heavy atom. The average molecular weight is 359 g/mol. The molecule has 4 nitrogen and oxygen atoms in total. The van der Waals surface area contributed by atoms with E-state index in [0.717, 1.165) is 29.7 Å². The number of hydrogen-bond acceptors (Lipinski definition) is 3. The van der Waals surface area contributed by atoms with Crippen LogP contribution in [0.1, 0.15) is 27.2 Å². The summed E-state index contributed by atoms with van der Waals surface area (Å²) in [5.41, 5.74) is 1.64. The van der Waals surface area contributed by atoms with Gasteiger partial charge in [-0.2, -0.15) is 0 Å². The third kappa shape index (κ3) is 4.33. The van der Waals surface area contributed by atoms with E-state index in [1.807, 2.05) is 18.2 Å².